The van der Waals surface area contributed by atoms with Crippen molar-refractivity contribution in [2.45, 2.75) is 82.0 Å². The van der Waals surface area contributed by atoms with Crippen molar-refractivity contribution >= 4 is 34.9 Å². The van der Waals surface area contributed by atoms with Crippen molar-refractivity contribution in [1.29, 1.82) is 0 Å². The number of unbranched alkanes of at least 4 members (excludes halogenated alkanes) is 6. The summed E-state index contributed by atoms with van der Waals surface area (Å²) in [6.07, 6.45) is 11.8. The summed E-state index contributed by atoms with van der Waals surface area (Å²) < 4.78 is 6.10. The Morgan fingerprint density at radius 2 is 1.74 bits per heavy atom. The minimum Gasteiger partial charge on any atom is -0.459 e. The molecule has 0 aromatic carbocycles. The summed E-state index contributed by atoms with van der Waals surface area (Å²) in [7, 11) is 2.22. The number of rotatable bonds is 14. The third-order valence-electron chi connectivity index (χ3n) is 7.71. The normalized spacial score (nSPS) is 24.1. The molecule has 5 nitrogen and oxygen atoms in total. The third-order valence-corrected chi connectivity index (χ3v) is 9.66. The van der Waals surface area contributed by atoms with Gasteiger partial charge in [0.25, 0.3) is 0 Å². The van der Waals surface area contributed by atoms with E-state index in [2.05, 4.69) is 11.9 Å². The van der Waals surface area contributed by atoms with E-state index in [-0.39, 0.29) is 6.10 Å². The molecular weight excluding hydrogens is 466 g/mol. The van der Waals surface area contributed by atoms with E-state index in [1.165, 1.54) is 54.8 Å². The van der Waals surface area contributed by atoms with E-state index in [9.17, 15) is 14.7 Å². The summed E-state index contributed by atoms with van der Waals surface area (Å²) in [5.74, 6) is 0.372. The lowest BCUT2D eigenvalue weighted by atomic mass is 9.96. The van der Waals surface area contributed by atoms with Gasteiger partial charge in [0.2, 0.25) is 5.60 Å². The average Bonchev–Trinajstić information content (AvgIpc) is 3.65. The number of ether oxygens (including phenoxy) is 1. The fraction of sp³-hybridized carbons (Fsp3) is 0.630. The standard InChI is InChI=1S/C27H37NO4S2/c1-28(15-7-5-3-2-4-6-8-16-29)25-20-13-14-21(25)22(19-20)32-26(30)27(31,23-11-9-17-33-23)24-12-10-18-34-24/h9-12,16-18,20-22,25,31H,2-8,13-15,19H2,1H3. The second-order valence-corrected chi connectivity index (χ2v) is 11.8. The van der Waals surface area contributed by atoms with Crippen molar-refractivity contribution in [3.05, 3.63) is 44.8 Å². The fourth-order valence-electron chi connectivity index (χ4n) is 6.02. The average molecular weight is 504 g/mol. The van der Waals surface area contributed by atoms with Crippen LogP contribution in [0, 0.1) is 11.8 Å². The highest BCUT2D eigenvalue weighted by molar-refractivity contribution is 7.12. The maximum Gasteiger partial charge on any atom is 0.349 e. The van der Waals surface area contributed by atoms with E-state index in [0.717, 1.165) is 38.5 Å². The molecule has 0 radical (unpaired) electrons. The van der Waals surface area contributed by atoms with E-state index >= 15 is 0 Å². The van der Waals surface area contributed by atoms with Gasteiger partial charge in [-0.3, -0.25) is 0 Å². The van der Waals surface area contributed by atoms with E-state index in [0.29, 0.717) is 34.1 Å². The predicted octanol–water partition coefficient (Wildman–Crippen LogP) is 5.62. The number of carbonyl (C=O) groups excluding carboxylic acids is 2. The van der Waals surface area contributed by atoms with E-state index in [1.807, 2.05) is 35.0 Å². The van der Waals surface area contributed by atoms with Crippen molar-refractivity contribution in [3.8, 4) is 0 Å². The first-order valence-corrected chi connectivity index (χ1v) is 14.5. The van der Waals surface area contributed by atoms with Crippen molar-refractivity contribution < 1.29 is 19.4 Å². The lowest BCUT2D eigenvalue weighted by Crippen LogP contribution is -2.42. The number of fused-ring (bicyclic) bond motifs is 2. The molecular formula is C27H37NO4S2. The Kier molecular flexibility index (Phi) is 8.97. The summed E-state index contributed by atoms with van der Waals surface area (Å²) in [5, 5.41) is 15.3. The molecule has 186 valence electrons. The highest BCUT2D eigenvalue weighted by atomic mass is 32.1. The molecule has 0 spiro atoms. The van der Waals surface area contributed by atoms with Gasteiger partial charge in [-0.15, -0.1) is 22.7 Å². The number of aldehydes is 1. The zero-order chi connectivity index (χ0) is 24.0. The summed E-state index contributed by atoms with van der Waals surface area (Å²) >= 11 is 2.77. The summed E-state index contributed by atoms with van der Waals surface area (Å²) in [6.45, 7) is 1.07. The topological polar surface area (TPSA) is 66.8 Å². The molecule has 2 aliphatic rings. The minimum atomic E-state index is -1.72. The van der Waals surface area contributed by atoms with Crippen LogP contribution in [0.4, 0.5) is 0 Å². The number of hydrogen-bond acceptors (Lipinski definition) is 7. The van der Waals surface area contributed by atoms with Gasteiger partial charge in [0, 0.05) is 18.4 Å². The maximum atomic E-state index is 13.4. The Morgan fingerprint density at radius 1 is 1.09 bits per heavy atom. The Morgan fingerprint density at radius 3 is 2.35 bits per heavy atom. The van der Waals surface area contributed by atoms with Crippen LogP contribution in [-0.2, 0) is 19.9 Å². The third kappa shape index (κ3) is 5.48. The van der Waals surface area contributed by atoms with Crippen LogP contribution in [0.2, 0.25) is 0 Å². The van der Waals surface area contributed by atoms with Gasteiger partial charge >= 0.3 is 5.97 Å². The van der Waals surface area contributed by atoms with Crippen LogP contribution in [0.3, 0.4) is 0 Å². The van der Waals surface area contributed by atoms with Crippen LogP contribution in [-0.4, -0.2) is 48.0 Å². The van der Waals surface area contributed by atoms with Crippen molar-refractivity contribution in [1.82, 2.24) is 4.90 Å². The molecule has 2 aromatic rings. The largest absolute Gasteiger partial charge is 0.459 e. The Hall–Kier alpha value is -1.54. The molecule has 4 unspecified atom stereocenters. The molecule has 2 aromatic heterocycles. The summed E-state index contributed by atoms with van der Waals surface area (Å²) in [4.78, 5) is 27.5. The fourth-order valence-corrected chi connectivity index (χ4v) is 7.73. The molecule has 7 heteroatoms. The monoisotopic (exact) mass is 503 g/mol. The number of aliphatic hydroxyl groups is 1. The molecule has 2 saturated carbocycles. The molecule has 1 N–H and O–H groups in total. The van der Waals surface area contributed by atoms with Crippen LogP contribution in [0.1, 0.15) is 74.0 Å². The van der Waals surface area contributed by atoms with E-state index in [4.69, 9.17) is 4.74 Å². The van der Waals surface area contributed by atoms with Gasteiger partial charge in [-0.2, -0.15) is 0 Å². The SMILES string of the molecule is CN(CCCCCCCCC=O)C1C2CCC1C(OC(=O)C(O)(c1cccs1)c1cccs1)C2. The van der Waals surface area contributed by atoms with Crippen LogP contribution >= 0.6 is 22.7 Å². The first kappa shape index (κ1) is 25.5. The van der Waals surface area contributed by atoms with Gasteiger partial charge < -0.3 is 19.5 Å². The van der Waals surface area contributed by atoms with Crippen molar-refractivity contribution in [3.63, 3.8) is 0 Å². The van der Waals surface area contributed by atoms with Crippen molar-refractivity contribution in [2.75, 3.05) is 13.6 Å². The van der Waals surface area contributed by atoms with Gasteiger partial charge in [0.05, 0.1) is 9.75 Å². The lowest BCUT2D eigenvalue weighted by molar-refractivity contribution is -0.170. The first-order chi connectivity index (χ1) is 16.6. The predicted molar refractivity (Wildman–Crippen MR) is 137 cm³/mol. The molecule has 2 bridgehead atoms. The van der Waals surface area contributed by atoms with E-state index < -0.39 is 11.6 Å². The van der Waals surface area contributed by atoms with Gasteiger partial charge in [-0.1, -0.05) is 37.8 Å². The van der Waals surface area contributed by atoms with Crippen molar-refractivity contribution in [2.24, 2.45) is 11.8 Å². The van der Waals surface area contributed by atoms with Gasteiger partial charge in [-0.25, -0.2) is 4.79 Å². The lowest BCUT2D eigenvalue weighted by Gasteiger charge is -2.31. The zero-order valence-corrected chi connectivity index (χ0v) is 21.7. The number of thiophene rings is 2. The van der Waals surface area contributed by atoms with Gasteiger partial charge in [0.15, 0.2) is 0 Å². The molecule has 0 aliphatic heterocycles. The Bertz CT molecular complexity index is 864. The second kappa shape index (κ2) is 11.9. The smallest absolute Gasteiger partial charge is 0.349 e. The minimum absolute atomic E-state index is 0.122. The number of nitrogens with zero attached hydrogens (tertiary/aromatic N) is 1. The zero-order valence-electron chi connectivity index (χ0n) is 20.1. The highest BCUT2D eigenvalue weighted by Gasteiger charge is 2.53. The highest BCUT2D eigenvalue weighted by Crippen LogP contribution is 2.49. The molecule has 4 rings (SSSR count). The van der Waals surface area contributed by atoms with Crippen LogP contribution < -0.4 is 0 Å². The molecule has 0 saturated heterocycles. The van der Waals surface area contributed by atoms with Gasteiger partial charge in [0.1, 0.15) is 12.4 Å². The number of carbonyl (C=O) groups is 2. The van der Waals surface area contributed by atoms with Gasteiger partial charge in [-0.05, 0) is 74.5 Å². The Balaban J connectivity index is 1.31. The summed E-state index contributed by atoms with van der Waals surface area (Å²) in [6, 6.07) is 7.80. The number of hydrogen-bond donors (Lipinski definition) is 1. The Labute approximate surface area is 211 Å². The summed E-state index contributed by atoms with van der Waals surface area (Å²) in [5.41, 5.74) is -1.72. The molecule has 2 heterocycles. The molecule has 2 fully saturated rings. The van der Waals surface area contributed by atoms with E-state index in [1.54, 1.807) is 0 Å². The quantitative estimate of drug-likeness (QED) is 0.206. The second-order valence-electron chi connectivity index (χ2n) is 9.89. The molecule has 34 heavy (non-hydrogen) atoms. The molecule has 0 amide bonds. The number of esters is 1. The molecule has 4 atom stereocenters. The van der Waals surface area contributed by atoms with Crippen LogP contribution in [0.15, 0.2) is 35.0 Å². The molecule has 2 aliphatic carbocycles. The van der Waals surface area contributed by atoms with Crippen LogP contribution in [0.25, 0.3) is 0 Å². The van der Waals surface area contributed by atoms with Crippen LogP contribution in [0.5, 0.6) is 0 Å². The maximum absolute atomic E-state index is 13.4. The first-order valence-electron chi connectivity index (χ1n) is 12.7.